The molecule has 5 heteroatoms. The monoisotopic (exact) mass is 201 g/mol. The zero-order chi connectivity index (χ0) is 10.1. The maximum Gasteiger partial charge on any atom is 0.174 e. The van der Waals surface area contributed by atoms with Gasteiger partial charge in [0.05, 0.1) is 5.52 Å². The van der Waals surface area contributed by atoms with Gasteiger partial charge in [0, 0.05) is 17.8 Å². The number of rotatable bonds is 2. The molecule has 76 valence electrons. The van der Waals surface area contributed by atoms with E-state index in [1.54, 1.807) is 0 Å². The third-order valence-corrected chi connectivity index (χ3v) is 2.35. The molecule has 15 heavy (non-hydrogen) atoms. The zero-order valence-electron chi connectivity index (χ0n) is 8.07. The summed E-state index contributed by atoms with van der Waals surface area (Å²) < 4.78 is 0. The van der Waals surface area contributed by atoms with Gasteiger partial charge in [-0.15, -0.1) is 0 Å². The fourth-order valence-corrected chi connectivity index (χ4v) is 1.61. The van der Waals surface area contributed by atoms with Crippen LogP contribution in [0.4, 0.5) is 5.82 Å². The van der Waals surface area contributed by atoms with Crippen molar-refractivity contribution in [2.24, 2.45) is 0 Å². The fraction of sp³-hybridized carbons (Fsp3) is 0.100. The molecule has 0 saturated carbocycles. The molecular weight excluding hydrogens is 190 g/mol. The number of fused-ring (bicyclic) bond motifs is 1. The van der Waals surface area contributed by atoms with E-state index >= 15 is 0 Å². The van der Waals surface area contributed by atoms with Gasteiger partial charge in [-0.25, -0.2) is 0 Å². The van der Waals surface area contributed by atoms with Gasteiger partial charge < -0.3 is 5.32 Å². The third kappa shape index (κ3) is 1.38. The minimum absolute atomic E-state index is 0.751. The summed E-state index contributed by atoms with van der Waals surface area (Å²) in [5.74, 6) is 0.846. The van der Waals surface area contributed by atoms with Gasteiger partial charge in [0.15, 0.2) is 5.82 Å². The highest BCUT2D eigenvalue weighted by Crippen LogP contribution is 2.20. The van der Waals surface area contributed by atoms with Crippen molar-refractivity contribution >= 4 is 16.7 Å². The number of anilines is 1. The van der Waals surface area contributed by atoms with Gasteiger partial charge in [0.2, 0.25) is 0 Å². The molecule has 0 radical (unpaired) electrons. The zero-order valence-corrected chi connectivity index (χ0v) is 8.07. The molecule has 3 rings (SSSR count). The quantitative estimate of drug-likeness (QED) is 0.684. The van der Waals surface area contributed by atoms with Gasteiger partial charge in [-0.05, 0) is 12.1 Å². The topological polar surface area (TPSA) is 56.0 Å². The highest BCUT2D eigenvalue weighted by atomic mass is 15.6. The molecule has 0 saturated heterocycles. The molecule has 2 heterocycles. The molecule has 2 aromatic rings. The van der Waals surface area contributed by atoms with E-state index in [1.807, 2.05) is 41.7 Å². The molecule has 0 bridgehead atoms. The van der Waals surface area contributed by atoms with Gasteiger partial charge in [-0.3, -0.25) is 15.5 Å². The standard InChI is InChI=1S/C10H11N5/c1-2-4-9-8(3-1)10(13-12-9)14-15-6-5-11-7-15/h1-6,11H,7H2,(H2,12,13,14). The molecule has 5 nitrogen and oxygen atoms in total. The average molecular weight is 201 g/mol. The van der Waals surface area contributed by atoms with Crippen LogP contribution in [0.15, 0.2) is 36.7 Å². The number of aromatic amines is 1. The minimum Gasteiger partial charge on any atom is -0.371 e. The molecule has 0 amide bonds. The number of H-pyrrole nitrogens is 1. The predicted molar refractivity (Wildman–Crippen MR) is 58.7 cm³/mol. The van der Waals surface area contributed by atoms with E-state index in [4.69, 9.17) is 0 Å². The Morgan fingerprint density at radius 1 is 1.33 bits per heavy atom. The lowest BCUT2D eigenvalue weighted by Gasteiger charge is -2.15. The van der Waals surface area contributed by atoms with Crippen LogP contribution >= 0.6 is 0 Å². The van der Waals surface area contributed by atoms with Gasteiger partial charge in [-0.2, -0.15) is 5.10 Å². The summed E-state index contributed by atoms with van der Waals surface area (Å²) in [6.45, 7) is 0.751. The van der Waals surface area contributed by atoms with E-state index in [0.29, 0.717) is 0 Å². The maximum atomic E-state index is 4.22. The Kier molecular flexibility index (Phi) is 1.74. The number of benzene rings is 1. The van der Waals surface area contributed by atoms with Crippen LogP contribution in [0.2, 0.25) is 0 Å². The normalized spacial score (nSPS) is 14.5. The van der Waals surface area contributed by atoms with Gasteiger partial charge in [0.25, 0.3) is 0 Å². The number of para-hydroxylation sites is 1. The van der Waals surface area contributed by atoms with Gasteiger partial charge in [0.1, 0.15) is 6.67 Å². The Balaban J connectivity index is 1.93. The summed E-state index contributed by atoms with van der Waals surface area (Å²) in [6, 6.07) is 8.03. The van der Waals surface area contributed by atoms with Crippen molar-refractivity contribution in [1.29, 1.82) is 0 Å². The Labute approximate surface area is 86.7 Å². The lowest BCUT2D eigenvalue weighted by atomic mass is 10.2. The number of nitrogens with one attached hydrogen (secondary N) is 3. The van der Waals surface area contributed by atoms with Crippen LogP contribution in [-0.2, 0) is 0 Å². The van der Waals surface area contributed by atoms with Crippen molar-refractivity contribution in [2.75, 3.05) is 12.1 Å². The fourth-order valence-electron chi connectivity index (χ4n) is 1.61. The molecule has 0 unspecified atom stereocenters. The second-order valence-electron chi connectivity index (χ2n) is 3.38. The SMILES string of the molecule is C1=CN(Nc2n[nH]c3ccccc23)CN1. The maximum absolute atomic E-state index is 4.22. The lowest BCUT2D eigenvalue weighted by Crippen LogP contribution is -2.26. The Morgan fingerprint density at radius 2 is 2.27 bits per heavy atom. The van der Waals surface area contributed by atoms with E-state index in [0.717, 1.165) is 23.4 Å². The number of hydrogen-bond donors (Lipinski definition) is 3. The molecule has 0 spiro atoms. The van der Waals surface area contributed by atoms with Crippen LogP contribution in [0.25, 0.3) is 10.9 Å². The van der Waals surface area contributed by atoms with Gasteiger partial charge >= 0.3 is 0 Å². The van der Waals surface area contributed by atoms with Crippen LogP contribution in [0.3, 0.4) is 0 Å². The molecule has 0 aliphatic carbocycles. The van der Waals surface area contributed by atoms with E-state index in [1.165, 1.54) is 0 Å². The molecule has 1 aliphatic rings. The minimum atomic E-state index is 0.751. The van der Waals surface area contributed by atoms with Crippen LogP contribution in [-0.4, -0.2) is 21.9 Å². The molecule has 1 aliphatic heterocycles. The summed E-state index contributed by atoms with van der Waals surface area (Å²) in [7, 11) is 0. The van der Waals surface area contributed by atoms with E-state index in [9.17, 15) is 0 Å². The smallest absolute Gasteiger partial charge is 0.174 e. The first-order valence-electron chi connectivity index (χ1n) is 4.80. The highest BCUT2D eigenvalue weighted by molar-refractivity contribution is 5.89. The lowest BCUT2D eigenvalue weighted by molar-refractivity contribution is 0.464. The van der Waals surface area contributed by atoms with Crippen molar-refractivity contribution in [1.82, 2.24) is 20.5 Å². The van der Waals surface area contributed by atoms with Crippen molar-refractivity contribution in [3.05, 3.63) is 36.7 Å². The molecule has 1 aromatic carbocycles. The van der Waals surface area contributed by atoms with Crippen LogP contribution < -0.4 is 10.7 Å². The van der Waals surface area contributed by atoms with E-state index in [2.05, 4.69) is 20.9 Å². The van der Waals surface area contributed by atoms with Crippen molar-refractivity contribution in [2.45, 2.75) is 0 Å². The Bertz CT molecular complexity index is 501. The summed E-state index contributed by atoms with van der Waals surface area (Å²) >= 11 is 0. The summed E-state index contributed by atoms with van der Waals surface area (Å²) in [5.41, 5.74) is 4.24. The predicted octanol–water partition coefficient (Wildman–Crippen LogP) is 1.22. The third-order valence-electron chi connectivity index (χ3n) is 2.35. The Morgan fingerprint density at radius 3 is 3.13 bits per heavy atom. The van der Waals surface area contributed by atoms with Gasteiger partial charge in [-0.1, -0.05) is 12.1 Å². The van der Waals surface area contributed by atoms with Crippen molar-refractivity contribution in [3.8, 4) is 0 Å². The molecular formula is C10H11N5. The number of hydrazine groups is 1. The van der Waals surface area contributed by atoms with Crippen molar-refractivity contribution in [3.63, 3.8) is 0 Å². The average Bonchev–Trinajstić information content (AvgIpc) is 2.89. The summed E-state index contributed by atoms with van der Waals surface area (Å²) in [6.07, 6.45) is 3.82. The van der Waals surface area contributed by atoms with Crippen LogP contribution in [0, 0.1) is 0 Å². The van der Waals surface area contributed by atoms with Crippen LogP contribution in [0.1, 0.15) is 0 Å². The second-order valence-corrected chi connectivity index (χ2v) is 3.38. The largest absolute Gasteiger partial charge is 0.371 e. The molecule has 3 N–H and O–H groups in total. The van der Waals surface area contributed by atoms with Crippen LogP contribution in [0.5, 0.6) is 0 Å². The first-order chi connectivity index (χ1) is 7.43. The summed E-state index contributed by atoms with van der Waals surface area (Å²) in [5, 5.41) is 13.3. The molecule has 1 aromatic heterocycles. The summed E-state index contributed by atoms with van der Waals surface area (Å²) in [4.78, 5) is 0. The molecule has 0 fully saturated rings. The highest BCUT2D eigenvalue weighted by Gasteiger charge is 2.08. The molecule has 0 atom stereocenters. The number of hydrogen-bond acceptors (Lipinski definition) is 4. The number of aromatic nitrogens is 2. The first kappa shape index (κ1) is 8.16. The van der Waals surface area contributed by atoms with E-state index in [-0.39, 0.29) is 0 Å². The second kappa shape index (κ2) is 3.20. The Hall–Kier alpha value is -2.17. The number of nitrogens with zero attached hydrogens (tertiary/aromatic N) is 2. The first-order valence-corrected chi connectivity index (χ1v) is 4.80. The van der Waals surface area contributed by atoms with E-state index < -0.39 is 0 Å². The van der Waals surface area contributed by atoms with Crippen molar-refractivity contribution < 1.29 is 0 Å².